The minimum atomic E-state index is -0.719. The van der Waals surface area contributed by atoms with Gasteiger partial charge in [-0.05, 0) is 50.9 Å². The number of likely N-dealkylation sites (tertiary alicyclic amines) is 1. The van der Waals surface area contributed by atoms with E-state index < -0.39 is 5.97 Å². The molecule has 1 fully saturated rings. The summed E-state index contributed by atoms with van der Waals surface area (Å²) in [6.45, 7) is 5.95. The lowest BCUT2D eigenvalue weighted by molar-refractivity contribution is -0.143. The van der Waals surface area contributed by atoms with Crippen LogP contribution in [0.1, 0.15) is 42.6 Å². The lowest BCUT2D eigenvalue weighted by atomic mass is 9.93. The minimum Gasteiger partial charge on any atom is -0.494 e. The van der Waals surface area contributed by atoms with Crippen molar-refractivity contribution in [3.63, 3.8) is 0 Å². The lowest BCUT2D eigenvalue weighted by Crippen LogP contribution is -2.41. The Labute approximate surface area is 154 Å². The highest BCUT2D eigenvalue weighted by Crippen LogP contribution is 2.36. The summed E-state index contributed by atoms with van der Waals surface area (Å²) >= 11 is 0. The zero-order valence-electron chi connectivity index (χ0n) is 15.4. The highest BCUT2D eigenvalue weighted by molar-refractivity contribution is 5.70. The van der Waals surface area contributed by atoms with Crippen LogP contribution < -0.4 is 4.74 Å². The van der Waals surface area contributed by atoms with Gasteiger partial charge in [-0.2, -0.15) is 0 Å². The fourth-order valence-corrected chi connectivity index (χ4v) is 3.62. The number of hydrogen-bond acceptors (Lipinski definition) is 4. The average Bonchev–Trinajstić information content (AvgIpc) is 2.65. The molecule has 3 rings (SSSR count). The third-order valence-electron chi connectivity index (χ3n) is 4.90. The Hall–Kier alpha value is -2.40. The number of hydrogen-bond donors (Lipinski definition) is 1. The Bertz CT molecular complexity index is 745. The third kappa shape index (κ3) is 4.05. The second-order valence-electron chi connectivity index (χ2n) is 6.81. The summed E-state index contributed by atoms with van der Waals surface area (Å²) in [5, 5.41) is 9.49. The molecule has 0 amide bonds. The molecule has 1 aliphatic rings. The number of aryl methyl sites for hydroxylation is 1. The first-order valence-electron chi connectivity index (χ1n) is 9.21. The maximum atomic E-state index is 11.5. The van der Waals surface area contributed by atoms with Crippen molar-refractivity contribution in [1.82, 2.24) is 9.88 Å². The van der Waals surface area contributed by atoms with Crippen LogP contribution in [-0.4, -0.2) is 40.7 Å². The number of rotatable bonds is 6. The molecule has 2 aromatic rings. The van der Waals surface area contributed by atoms with E-state index >= 15 is 0 Å². The SMILES string of the molecule is CCOc1ccccc1C(c1ccc(C)cn1)N1CCCC(C(=O)O)C1. The molecule has 1 aromatic heterocycles. The first kappa shape index (κ1) is 18.4. The molecule has 2 heterocycles. The van der Waals surface area contributed by atoms with E-state index in [0.29, 0.717) is 13.2 Å². The third-order valence-corrected chi connectivity index (χ3v) is 4.90. The molecule has 2 unspecified atom stereocenters. The van der Waals surface area contributed by atoms with E-state index in [1.807, 2.05) is 44.3 Å². The maximum absolute atomic E-state index is 11.5. The van der Waals surface area contributed by atoms with E-state index in [1.54, 1.807) is 0 Å². The Balaban J connectivity index is 2.02. The van der Waals surface area contributed by atoms with Crippen LogP contribution in [0.5, 0.6) is 5.75 Å². The van der Waals surface area contributed by atoms with Crippen LogP contribution in [0.25, 0.3) is 0 Å². The zero-order chi connectivity index (χ0) is 18.5. The van der Waals surface area contributed by atoms with Gasteiger partial charge in [-0.1, -0.05) is 24.3 Å². The van der Waals surface area contributed by atoms with Gasteiger partial charge in [-0.15, -0.1) is 0 Å². The Kier molecular flexibility index (Phi) is 5.89. The van der Waals surface area contributed by atoms with Gasteiger partial charge < -0.3 is 9.84 Å². The van der Waals surface area contributed by atoms with Gasteiger partial charge in [-0.25, -0.2) is 0 Å². The molecule has 0 saturated carbocycles. The van der Waals surface area contributed by atoms with Crippen LogP contribution >= 0.6 is 0 Å². The summed E-state index contributed by atoms with van der Waals surface area (Å²) in [4.78, 5) is 18.4. The molecule has 1 aliphatic heterocycles. The topological polar surface area (TPSA) is 62.7 Å². The molecule has 5 nitrogen and oxygen atoms in total. The molecule has 26 heavy (non-hydrogen) atoms. The van der Waals surface area contributed by atoms with E-state index in [-0.39, 0.29) is 12.0 Å². The second kappa shape index (κ2) is 8.32. The average molecular weight is 354 g/mol. The number of carbonyl (C=O) groups is 1. The van der Waals surface area contributed by atoms with Gasteiger partial charge >= 0.3 is 5.97 Å². The summed E-state index contributed by atoms with van der Waals surface area (Å²) in [5.74, 6) is -0.223. The normalized spacial score (nSPS) is 19.1. The van der Waals surface area contributed by atoms with Gasteiger partial charge in [0.1, 0.15) is 5.75 Å². The van der Waals surface area contributed by atoms with Crippen LogP contribution in [-0.2, 0) is 4.79 Å². The van der Waals surface area contributed by atoms with Crippen LogP contribution in [0.2, 0.25) is 0 Å². The number of pyridine rings is 1. The Morgan fingerprint density at radius 1 is 1.35 bits per heavy atom. The monoisotopic (exact) mass is 354 g/mol. The van der Waals surface area contributed by atoms with Crippen molar-refractivity contribution in [1.29, 1.82) is 0 Å². The molecule has 0 radical (unpaired) electrons. The van der Waals surface area contributed by atoms with Crippen LogP contribution in [0.3, 0.4) is 0 Å². The molecule has 0 aliphatic carbocycles. The van der Waals surface area contributed by atoms with Gasteiger partial charge in [0.05, 0.1) is 24.3 Å². The van der Waals surface area contributed by atoms with Crippen LogP contribution in [0.15, 0.2) is 42.6 Å². The molecule has 2 atom stereocenters. The van der Waals surface area contributed by atoms with Crippen LogP contribution in [0, 0.1) is 12.8 Å². The van der Waals surface area contributed by atoms with Gasteiger partial charge in [-0.3, -0.25) is 14.7 Å². The summed E-state index contributed by atoms with van der Waals surface area (Å²) in [7, 11) is 0. The van der Waals surface area contributed by atoms with E-state index in [4.69, 9.17) is 4.74 Å². The number of carboxylic acid groups (broad SMARTS) is 1. The smallest absolute Gasteiger partial charge is 0.307 e. The molecule has 0 spiro atoms. The lowest BCUT2D eigenvalue weighted by Gasteiger charge is -2.37. The number of nitrogens with zero attached hydrogens (tertiary/aromatic N) is 2. The van der Waals surface area contributed by atoms with Crippen molar-refractivity contribution < 1.29 is 14.6 Å². The fraction of sp³-hybridized carbons (Fsp3) is 0.429. The molecule has 1 N–H and O–H groups in total. The number of aromatic nitrogens is 1. The quantitative estimate of drug-likeness (QED) is 0.857. The first-order valence-corrected chi connectivity index (χ1v) is 9.21. The van der Waals surface area contributed by atoms with E-state index in [9.17, 15) is 9.90 Å². The predicted octanol–water partition coefficient (Wildman–Crippen LogP) is 3.67. The van der Waals surface area contributed by atoms with Crippen molar-refractivity contribution in [3.05, 3.63) is 59.4 Å². The van der Waals surface area contributed by atoms with E-state index in [1.165, 1.54) is 0 Å². The second-order valence-corrected chi connectivity index (χ2v) is 6.81. The standard InChI is InChI=1S/C21H26N2O3/c1-3-26-19-9-5-4-8-17(19)20(18-11-10-15(2)13-22-18)23-12-6-7-16(14-23)21(24)25/h4-5,8-11,13,16,20H,3,6-7,12,14H2,1-2H3,(H,24,25). The van der Waals surface area contributed by atoms with Crippen molar-refractivity contribution in [3.8, 4) is 5.75 Å². The van der Waals surface area contributed by atoms with E-state index in [0.717, 1.165) is 42.0 Å². The number of aliphatic carboxylic acids is 1. The van der Waals surface area contributed by atoms with Crippen LogP contribution in [0.4, 0.5) is 0 Å². The Morgan fingerprint density at radius 3 is 2.85 bits per heavy atom. The number of benzene rings is 1. The van der Waals surface area contributed by atoms with Crippen molar-refractivity contribution in [2.24, 2.45) is 5.92 Å². The molecule has 0 bridgehead atoms. The van der Waals surface area contributed by atoms with Gasteiger partial charge in [0, 0.05) is 18.3 Å². The molecule has 1 aromatic carbocycles. The number of carboxylic acids is 1. The highest BCUT2D eigenvalue weighted by Gasteiger charge is 2.33. The number of piperidine rings is 1. The number of ether oxygens (including phenoxy) is 1. The Morgan fingerprint density at radius 2 is 2.15 bits per heavy atom. The van der Waals surface area contributed by atoms with Crippen molar-refractivity contribution in [2.45, 2.75) is 32.7 Å². The van der Waals surface area contributed by atoms with Gasteiger partial charge in [0.15, 0.2) is 0 Å². The molecule has 5 heteroatoms. The molecule has 1 saturated heterocycles. The molecule has 138 valence electrons. The fourth-order valence-electron chi connectivity index (χ4n) is 3.62. The highest BCUT2D eigenvalue weighted by atomic mass is 16.5. The molecular formula is C21H26N2O3. The van der Waals surface area contributed by atoms with Crippen molar-refractivity contribution >= 4 is 5.97 Å². The maximum Gasteiger partial charge on any atom is 0.307 e. The van der Waals surface area contributed by atoms with E-state index in [2.05, 4.69) is 22.0 Å². The largest absolute Gasteiger partial charge is 0.494 e. The molecular weight excluding hydrogens is 328 g/mol. The predicted molar refractivity (Wildman–Crippen MR) is 100 cm³/mol. The summed E-state index contributed by atoms with van der Waals surface area (Å²) in [6, 6.07) is 12.0. The zero-order valence-corrected chi connectivity index (χ0v) is 15.4. The summed E-state index contributed by atoms with van der Waals surface area (Å²) < 4.78 is 5.86. The minimum absolute atomic E-state index is 0.111. The summed E-state index contributed by atoms with van der Waals surface area (Å²) in [5.41, 5.74) is 3.07. The van der Waals surface area contributed by atoms with Gasteiger partial charge in [0.25, 0.3) is 0 Å². The van der Waals surface area contributed by atoms with Gasteiger partial charge in [0.2, 0.25) is 0 Å². The number of para-hydroxylation sites is 1. The first-order chi connectivity index (χ1) is 12.6. The van der Waals surface area contributed by atoms with Crippen molar-refractivity contribution in [2.75, 3.05) is 19.7 Å². The summed E-state index contributed by atoms with van der Waals surface area (Å²) in [6.07, 6.45) is 3.47.